The SMILES string of the molecule is COc1cccc(CCN)c1OCc1ccno1. The summed E-state index contributed by atoms with van der Waals surface area (Å²) in [6, 6.07) is 7.52. The smallest absolute Gasteiger partial charge is 0.174 e. The molecule has 2 N–H and O–H groups in total. The van der Waals surface area contributed by atoms with E-state index in [-0.39, 0.29) is 0 Å². The predicted molar refractivity (Wildman–Crippen MR) is 66.6 cm³/mol. The standard InChI is InChI=1S/C13H16N2O3/c1-16-12-4-2-3-10(5-7-14)13(12)17-9-11-6-8-15-18-11/h2-4,6,8H,5,7,9,14H2,1H3. The van der Waals surface area contributed by atoms with Gasteiger partial charge in [-0.05, 0) is 24.6 Å². The van der Waals surface area contributed by atoms with E-state index in [0.29, 0.717) is 30.4 Å². The lowest BCUT2D eigenvalue weighted by Crippen LogP contribution is -2.06. The van der Waals surface area contributed by atoms with Gasteiger partial charge in [-0.25, -0.2) is 0 Å². The molecule has 0 spiro atoms. The topological polar surface area (TPSA) is 70.5 Å². The molecule has 0 aliphatic carbocycles. The Labute approximate surface area is 105 Å². The average molecular weight is 248 g/mol. The number of para-hydroxylation sites is 1. The monoisotopic (exact) mass is 248 g/mol. The van der Waals surface area contributed by atoms with Crippen LogP contribution in [-0.2, 0) is 13.0 Å². The fourth-order valence-electron chi connectivity index (χ4n) is 1.70. The number of benzene rings is 1. The lowest BCUT2D eigenvalue weighted by Gasteiger charge is -2.13. The van der Waals surface area contributed by atoms with Crippen molar-refractivity contribution in [2.24, 2.45) is 5.73 Å². The first-order valence-electron chi connectivity index (χ1n) is 5.73. The van der Waals surface area contributed by atoms with Gasteiger partial charge in [-0.3, -0.25) is 0 Å². The summed E-state index contributed by atoms with van der Waals surface area (Å²) < 4.78 is 16.0. The fourth-order valence-corrected chi connectivity index (χ4v) is 1.70. The molecule has 0 unspecified atom stereocenters. The van der Waals surface area contributed by atoms with Crippen LogP contribution in [0.25, 0.3) is 0 Å². The average Bonchev–Trinajstić information content (AvgIpc) is 2.90. The summed E-state index contributed by atoms with van der Waals surface area (Å²) in [5, 5.41) is 3.63. The molecule has 0 aliphatic heterocycles. The van der Waals surface area contributed by atoms with Gasteiger partial charge in [0.25, 0.3) is 0 Å². The fraction of sp³-hybridized carbons (Fsp3) is 0.308. The zero-order chi connectivity index (χ0) is 12.8. The zero-order valence-electron chi connectivity index (χ0n) is 10.3. The Balaban J connectivity index is 2.18. The number of ether oxygens (including phenoxy) is 2. The minimum absolute atomic E-state index is 0.317. The number of nitrogens with two attached hydrogens (primary N) is 1. The Bertz CT molecular complexity index is 483. The molecule has 1 aromatic carbocycles. The van der Waals surface area contributed by atoms with E-state index < -0.39 is 0 Å². The van der Waals surface area contributed by atoms with Crippen molar-refractivity contribution in [2.75, 3.05) is 13.7 Å². The third-order valence-electron chi connectivity index (χ3n) is 2.54. The molecular weight excluding hydrogens is 232 g/mol. The van der Waals surface area contributed by atoms with Gasteiger partial charge in [-0.15, -0.1) is 0 Å². The zero-order valence-corrected chi connectivity index (χ0v) is 10.3. The highest BCUT2D eigenvalue weighted by atomic mass is 16.5. The molecule has 96 valence electrons. The molecule has 0 aliphatic rings. The number of rotatable bonds is 6. The Kier molecular flexibility index (Phi) is 4.20. The van der Waals surface area contributed by atoms with Gasteiger partial charge in [0.2, 0.25) is 0 Å². The van der Waals surface area contributed by atoms with Crippen molar-refractivity contribution in [3.8, 4) is 11.5 Å². The molecule has 1 aromatic heterocycles. The van der Waals surface area contributed by atoms with E-state index in [4.69, 9.17) is 19.7 Å². The van der Waals surface area contributed by atoms with Crippen LogP contribution in [0.4, 0.5) is 0 Å². The molecular formula is C13H16N2O3. The van der Waals surface area contributed by atoms with Crippen LogP contribution in [0.3, 0.4) is 0 Å². The van der Waals surface area contributed by atoms with Crippen LogP contribution < -0.4 is 15.2 Å². The van der Waals surface area contributed by atoms with Crippen LogP contribution in [0.5, 0.6) is 11.5 Å². The first-order chi connectivity index (χ1) is 8.85. The second-order valence-corrected chi connectivity index (χ2v) is 3.75. The summed E-state index contributed by atoms with van der Waals surface area (Å²) in [6.45, 7) is 0.879. The Morgan fingerprint density at radius 1 is 1.33 bits per heavy atom. The van der Waals surface area contributed by atoms with E-state index in [2.05, 4.69) is 5.16 Å². The van der Waals surface area contributed by atoms with Crippen molar-refractivity contribution in [1.29, 1.82) is 0 Å². The molecule has 2 aromatic rings. The molecule has 0 atom stereocenters. The largest absolute Gasteiger partial charge is 0.493 e. The van der Waals surface area contributed by atoms with Crippen LogP contribution in [0.15, 0.2) is 35.0 Å². The molecule has 0 fully saturated rings. The van der Waals surface area contributed by atoms with Gasteiger partial charge in [-0.1, -0.05) is 17.3 Å². The normalized spacial score (nSPS) is 10.3. The van der Waals surface area contributed by atoms with Crippen LogP contribution in [-0.4, -0.2) is 18.8 Å². The van der Waals surface area contributed by atoms with Gasteiger partial charge in [0.15, 0.2) is 17.3 Å². The molecule has 0 radical (unpaired) electrons. The van der Waals surface area contributed by atoms with Gasteiger partial charge >= 0.3 is 0 Å². The summed E-state index contributed by atoms with van der Waals surface area (Å²) in [7, 11) is 1.61. The van der Waals surface area contributed by atoms with Crippen molar-refractivity contribution < 1.29 is 14.0 Å². The first-order valence-corrected chi connectivity index (χ1v) is 5.73. The molecule has 0 saturated heterocycles. The van der Waals surface area contributed by atoms with Crippen molar-refractivity contribution in [3.63, 3.8) is 0 Å². The van der Waals surface area contributed by atoms with Gasteiger partial charge in [0, 0.05) is 6.07 Å². The number of hydrogen-bond acceptors (Lipinski definition) is 5. The van der Waals surface area contributed by atoms with E-state index in [1.807, 2.05) is 18.2 Å². The van der Waals surface area contributed by atoms with E-state index in [9.17, 15) is 0 Å². The number of aromatic nitrogens is 1. The summed E-state index contributed by atoms with van der Waals surface area (Å²) in [5.41, 5.74) is 6.61. The molecule has 0 saturated carbocycles. The highest BCUT2D eigenvalue weighted by Crippen LogP contribution is 2.31. The highest BCUT2D eigenvalue weighted by molar-refractivity contribution is 5.46. The van der Waals surface area contributed by atoms with E-state index in [1.54, 1.807) is 19.4 Å². The van der Waals surface area contributed by atoms with Crippen molar-refractivity contribution in [3.05, 3.63) is 41.8 Å². The van der Waals surface area contributed by atoms with Crippen LogP contribution >= 0.6 is 0 Å². The quantitative estimate of drug-likeness (QED) is 0.843. The third-order valence-corrected chi connectivity index (χ3v) is 2.54. The molecule has 0 amide bonds. The van der Waals surface area contributed by atoms with Gasteiger partial charge < -0.3 is 19.7 Å². The Morgan fingerprint density at radius 2 is 2.22 bits per heavy atom. The van der Waals surface area contributed by atoms with Crippen LogP contribution in [0, 0.1) is 0 Å². The van der Waals surface area contributed by atoms with Crippen molar-refractivity contribution in [2.45, 2.75) is 13.0 Å². The number of nitrogens with zero attached hydrogens (tertiary/aromatic N) is 1. The lowest BCUT2D eigenvalue weighted by molar-refractivity contribution is 0.237. The minimum atomic E-state index is 0.317. The number of hydrogen-bond donors (Lipinski definition) is 1. The lowest BCUT2D eigenvalue weighted by atomic mass is 10.1. The summed E-state index contributed by atoms with van der Waals surface area (Å²) in [6.07, 6.45) is 2.32. The maximum absolute atomic E-state index is 5.74. The Morgan fingerprint density at radius 3 is 2.89 bits per heavy atom. The minimum Gasteiger partial charge on any atom is -0.493 e. The predicted octanol–water partition coefficient (Wildman–Crippen LogP) is 1.76. The van der Waals surface area contributed by atoms with Crippen molar-refractivity contribution in [1.82, 2.24) is 5.16 Å². The first kappa shape index (κ1) is 12.4. The summed E-state index contributed by atoms with van der Waals surface area (Å²) >= 11 is 0. The molecule has 0 bridgehead atoms. The van der Waals surface area contributed by atoms with Crippen LogP contribution in [0.2, 0.25) is 0 Å². The van der Waals surface area contributed by atoms with Crippen molar-refractivity contribution >= 4 is 0 Å². The maximum atomic E-state index is 5.74. The second-order valence-electron chi connectivity index (χ2n) is 3.75. The number of methoxy groups -OCH3 is 1. The van der Waals surface area contributed by atoms with E-state index in [0.717, 1.165) is 12.0 Å². The van der Waals surface area contributed by atoms with E-state index in [1.165, 1.54) is 0 Å². The summed E-state index contributed by atoms with van der Waals surface area (Å²) in [4.78, 5) is 0. The molecule has 5 nitrogen and oxygen atoms in total. The molecule has 5 heteroatoms. The molecule has 18 heavy (non-hydrogen) atoms. The maximum Gasteiger partial charge on any atom is 0.174 e. The third kappa shape index (κ3) is 2.81. The van der Waals surface area contributed by atoms with Gasteiger partial charge in [0.05, 0.1) is 13.3 Å². The Hall–Kier alpha value is -2.01. The molecule has 1 heterocycles. The highest BCUT2D eigenvalue weighted by Gasteiger charge is 2.11. The van der Waals surface area contributed by atoms with Gasteiger partial charge in [0.1, 0.15) is 6.61 Å². The second kappa shape index (κ2) is 6.07. The van der Waals surface area contributed by atoms with Crippen LogP contribution in [0.1, 0.15) is 11.3 Å². The summed E-state index contributed by atoms with van der Waals surface area (Å²) in [5.74, 6) is 2.07. The van der Waals surface area contributed by atoms with E-state index >= 15 is 0 Å². The molecule has 2 rings (SSSR count). The van der Waals surface area contributed by atoms with Gasteiger partial charge in [-0.2, -0.15) is 0 Å².